The number of aliphatic imine (C=N–C) groups is 1. The summed E-state index contributed by atoms with van der Waals surface area (Å²) in [4.78, 5) is 29.8. The first-order valence-electron chi connectivity index (χ1n) is 19.4. The molecule has 0 spiro atoms. The summed E-state index contributed by atoms with van der Waals surface area (Å²) in [6, 6.07) is 61.5. The average Bonchev–Trinajstić information content (AvgIpc) is 3.65. The lowest BCUT2D eigenvalue weighted by Crippen LogP contribution is -2.21. The lowest BCUT2D eigenvalue weighted by molar-refractivity contribution is -0.126. The van der Waals surface area contributed by atoms with Gasteiger partial charge >= 0.3 is 0 Å². The molecule has 0 saturated heterocycles. The molecular formula is C52H37Cl2N3O3S. The fourth-order valence-electron chi connectivity index (χ4n) is 6.89. The van der Waals surface area contributed by atoms with E-state index in [9.17, 15) is 9.59 Å². The molecule has 1 amide bonds. The molecule has 0 bridgehead atoms. The first kappa shape index (κ1) is 40.9. The summed E-state index contributed by atoms with van der Waals surface area (Å²) in [5.41, 5.74) is 12.5. The Bertz CT molecular complexity index is 2610. The average molecular weight is 855 g/mol. The van der Waals surface area contributed by atoms with E-state index in [1.54, 1.807) is 6.08 Å². The molecule has 1 aliphatic rings. The summed E-state index contributed by atoms with van der Waals surface area (Å²) >= 11 is 13.7. The molecule has 6 nitrogen and oxygen atoms in total. The van der Waals surface area contributed by atoms with Crippen molar-refractivity contribution in [3.8, 4) is 0 Å². The maximum atomic E-state index is 12.7. The van der Waals surface area contributed by atoms with Crippen LogP contribution in [0, 0.1) is 0 Å². The first-order chi connectivity index (χ1) is 29.9. The molecule has 9 heteroatoms. The highest BCUT2D eigenvalue weighted by Crippen LogP contribution is 2.37. The van der Waals surface area contributed by atoms with Gasteiger partial charge in [0, 0.05) is 27.1 Å². The van der Waals surface area contributed by atoms with Crippen molar-refractivity contribution < 1.29 is 14.3 Å². The zero-order valence-electron chi connectivity index (χ0n) is 32.6. The predicted molar refractivity (Wildman–Crippen MR) is 254 cm³/mol. The molecule has 8 rings (SSSR count). The standard InChI is InChI=1S/C52H37Cl2N3O3S/c53-43-21-17-41(18-22-43)48(39-7-3-1-4-8-39)31-36-11-25-45(26-12-36)57(47-29-15-38(16-30-47)33-50-51(59)56-52(55-50)61-35-60-34-58)46-27-13-37(14-28-46)32-49(40-9-5-2-6-10-40)42-19-23-44(54)24-20-42/h1-34H,35H2,(H,55,56,59)/b48-31+,49-32+,50-33-. The van der Waals surface area contributed by atoms with E-state index in [-0.39, 0.29) is 17.5 Å². The number of benzene rings is 7. The van der Waals surface area contributed by atoms with E-state index in [1.165, 1.54) is 0 Å². The van der Waals surface area contributed by atoms with Crippen LogP contribution in [-0.4, -0.2) is 23.5 Å². The van der Waals surface area contributed by atoms with Crippen molar-refractivity contribution in [2.24, 2.45) is 4.99 Å². The van der Waals surface area contributed by atoms with E-state index in [4.69, 9.17) is 27.9 Å². The number of hydrogen-bond donors (Lipinski definition) is 1. The highest BCUT2D eigenvalue weighted by molar-refractivity contribution is 8.13. The second-order valence-corrected chi connectivity index (χ2v) is 15.7. The monoisotopic (exact) mass is 853 g/mol. The minimum Gasteiger partial charge on any atom is -0.456 e. The molecule has 298 valence electrons. The molecule has 0 radical (unpaired) electrons. The molecule has 1 N–H and O–H groups in total. The molecule has 1 heterocycles. The maximum absolute atomic E-state index is 12.7. The number of amidine groups is 1. The van der Waals surface area contributed by atoms with Gasteiger partial charge in [-0.2, -0.15) is 0 Å². The third-order valence-corrected chi connectivity index (χ3v) is 11.1. The SMILES string of the molecule is O=COCSC1=N/C(=C\c2ccc(N(c3ccc(/C=C(\c4ccccc4)c4ccc(Cl)cc4)cc3)c3ccc(/C=C(\c4ccccc4)c4ccc(Cl)cc4)cc3)cc2)C(=O)N1. The largest absolute Gasteiger partial charge is 0.456 e. The van der Waals surface area contributed by atoms with E-state index < -0.39 is 0 Å². The second kappa shape index (κ2) is 19.4. The topological polar surface area (TPSA) is 71.0 Å². The van der Waals surface area contributed by atoms with E-state index in [0.717, 1.165) is 78.9 Å². The minimum atomic E-state index is -0.319. The van der Waals surface area contributed by atoms with Gasteiger partial charge in [0.15, 0.2) is 5.17 Å². The molecule has 61 heavy (non-hydrogen) atoms. The van der Waals surface area contributed by atoms with E-state index in [2.05, 4.69) is 100 Å². The Labute approximate surface area is 369 Å². The van der Waals surface area contributed by atoms with Crippen LogP contribution in [0.2, 0.25) is 10.0 Å². The van der Waals surface area contributed by atoms with Gasteiger partial charge < -0.3 is 9.64 Å². The van der Waals surface area contributed by atoms with Gasteiger partial charge in [-0.05, 0) is 141 Å². The summed E-state index contributed by atoms with van der Waals surface area (Å²) in [5, 5.41) is 4.47. The number of nitrogens with one attached hydrogen (secondary N) is 1. The van der Waals surface area contributed by atoms with Crippen LogP contribution in [0.15, 0.2) is 193 Å². The summed E-state index contributed by atoms with van der Waals surface area (Å²) in [6.07, 6.45) is 6.12. The number of carbonyl (C=O) groups is 2. The Balaban J connectivity index is 1.15. The molecule has 0 aromatic heterocycles. The summed E-state index contributed by atoms with van der Waals surface area (Å²) in [7, 11) is 0. The van der Waals surface area contributed by atoms with Crippen molar-refractivity contribution in [2.45, 2.75) is 0 Å². The second-order valence-electron chi connectivity index (χ2n) is 13.9. The summed E-state index contributed by atoms with van der Waals surface area (Å²) < 4.78 is 4.73. The predicted octanol–water partition coefficient (Wildman–Crippen LogP) is 13.3. The summed E-state index contributed by atoms with van der Waals surface area (Å²) in [5.74, 6) is -0.261. The van der Waals surface area contributed by atoms with Crippen LogP contribution in [-0.2, 0) is 14.3 Å². The molecule has 0 fully saturated rings. The van der Waals surface area contributed by atoms with Crippen LogP contribution in [0.25, 0.3) is 29.4 Å². The number of anilines is 3. The maximum Gasteiger partial charge on any atom is 0.293 e. The van der Waals surface area contributed by atoms with Crippen LogP contribution < -0.4 is 10.2 Å². The molecule has 0 saturated carbocycles. The Hall–Kier alpha value is -6.90. The van der Waals surface area contributed by atoms with Crippen LogP contribution in [0.4, 0.5) is 17.1 Å². The number of hydrogen-bond acceptors (Lipinski definition) is 6. The fraction of sp³-hybridized carbons (Fsp3) is 0.0192. The van der Waals surface area contributed by atoms with Gasteiger partial charge in [0.2, 0.25) is 0 Å². The fourth-order valence-corrected chi connectivity index (χ4v) is 7.71. The van der Waals surface area contributed by atoms with Gasteiger partial charge in [0.25, 0.3) is 12.4 Å². The van der Waals surface area contributed by atoms with Crippen molar-refractivity contribution >= 4 is 98.9 Å². The van der Waals surface area contributed by atoms with Crippen molar-refractivity contribution in [3.63, 3.8) is 0 Å². The van der Waals surface area contributed by atoms with Gasteiger partial charge in [-0.25, -0.2) is 4.99 Å². The van der Waals surface area contributed by atoms with Gasteiger partial charge in [-0.15, -0.1) is 0 Å². The smallest absolute Gasteiger partial charge is 0.293 e. The van der Waals surface area contributed by atoms with Crippen LogP contribution >= 0.6 is 35.0 Å². The summed E-state index contributed by atoms with van der Waals surface area (Å²) in [6.45, 7) is 0.359. The van der Waals surface area contributed by atoms with Crippen LogP contribution in [0.3, 0.4) is 0 Å². The van der Waals surface area contributed by atoms with E-state index >= 15 is 0 Å². The molecule has 7 aromatic carbocycles. The van der Waals surface area contributed by atoms with Gasteiger partial charge in [0.05, 0.1) is 0 Å². The Morgan fingerprint density at radius 2 is 0.967 bits per heavy atom. The van der Waals surface area contributed by atoms with E-state index in [1.807, 2.05) is 109 Å². The van der Waals surface area contributed by atoms with Crippen molar-refractivity contribution in [1.29, 1.82) is 0 Å². The number of ether oxygens (including phenoxy) is 1. The number of rotatable bonds is 13. The van der Waals surface area contributed by atoms with Crippen molar-refractivity contribution in [1.82, 2.24) is 5.32 Å². The molecule has 0 unspecified atom stereocenters. The number of thioether (sulfide) groups is 1. The van der Waals surface area contributed by atoms with Crippen LogP contribution in [0.1, 0.15) is 38.9 Å². The number of halogens is 2. The molecular weight excluding hydrogens is 818 g/mol. The Kier molecular flexibility index (Phi) is 13.0. The lowest BCUT2D eigenvalue weighted by Gasteiger charge is -2.26. The molecule has 0 aliphatic carbocycles. The highest BCUT2D eigenvalue weighted by Gasteiger charge is 2.21. The van der Waals surface area contributed by atoms with Gasteiger partial charge in [-0.1, -0.05) is 145 Å². The lowest BCUT2D eigenvalue weighted by atomic mass is 9.95. The molecule has 1 aliphatic heterocycles. The van der Waals surface area contributed by atoms with Gasteiger partial charge in [0.1, 0.15) is 11.6 Å². The number of amides is 1. The zero-order chi connectivity index (χ0) is 42.0. The highest BCUT2D eigenvalue weighted by atomic mass is 35.5. The van der Waals surface area contributed by atoms with Gasteiger partial charge in [-0.3, -0.25) is 14.9 Å². The Morgan fingerprint density at radius 1 is 0.557 bits per heavy atom. The zero-order valence-corrected chi connectivity index (χ0v) is 34.9. The Morgan fingerprint density at radius 3 is 1.39 bits per heavy atom. The normalized spacial score (nSPS) is 13.4. The minimum absolute atomic E-state index is 0.0576. The first-order valence-corrected chi connectivity index (χ1v) is 21.1. The number of carbonyl (C=O) groups excluding carboxylic acids is 2. The third-order valence-electron chi connectivity index (χ3n) is 9.87. The third kappa shape index (κ3) is 10.3. The van der Waals surface area contributed by atoms with Crippen molar-refractivity contribution in [3.05, 3.63) is 237 Å². The number of nitrogens with zero attached hydrogens (tertiary/aromatic N) is 2. The molecule has 0 atom stereocenters. The molecule has 7 aromatic rings. The van der Waals surface area contributed by atoms with E-state index in [0.29, 0.717) is 21.7 Å². The van der Waals surface area contributed by atoms with Crippen LogP contribution in [0.5, 0.6) is 0 Å². The van der Waals surface area contributed by atoms with Crippen molar-refractivity contribution in [2.75, 3.05) is 10.8 Å². The quantitative estimate of drug-likeness (QED) is 0.0411.